The highest BCUT2D eigenvalue weighted by Crippen LogP contribution is 2.41. The largest absolute Gasteiger partial charge is 0.507 e. The van der Waals surface area contributed by atoms with Gasteiger partial charge in [0, 0.05) is 22.5 Å². The van der Waals surface area contributed by atoms with Gasteiger partial charge in [-0.3, -0.25) is 9.36 Å². The van der Waals surface area contributed by atoms with E-state index in [-0.39, 0.29) is 16.9 Å². The molecule has 0 bridgehead atoms. The molecule has 0 aliphatic rings. The number of hydrogen-bond acceptors (Lipinski definition) is 5. The number of aromatic hydroxyl groups is 1. The average molecular weight is 365 g/mol. The molecular weight excluding hydrogens is 353 g/mol. The minimum absolute atomic E-state index is 0.115. The number of phenolic OH excluding ortho intramolecular Hbond substituents is 1. The lowest BCUT2D eigenvalue weighted by Gasteiger charge is -2.07. The van der Waals surface area contributed by atoms with Gasteiger partial charge in [0.15, 0.2) is 0 Å². The predicted molar refractivity (Wildman–Crippen MR) is 90.0 cm³/mol. The summed E-state index contributed by atoms with van der Waals surface area (Å²) in [6.07, 6.45) is 4.07. The predicted octanol–water partition coefficient (Wildman–Crippen LogP) is 2.26. The Labute approximate surface area is 139 Å². The quantitative estimate of drug-likeness (QED) is 0.447. The number of benzene rings is 1. The highest BCUT2D eigenvalue weighted by Gasteiger charge is 2.14. The normalized spacial score (nSPS) is 12.2. The first-order valence-electron chi connectivity index (χ1n) is 6.64. The van der Waals surface area contributed by atoms with Crippen molar-refractivity contribution in [1.82, 2.24) is 15.0 Å². The highest BCUT2D eigenvalue weighted by molar-refractivity contribution is 7.99. The van der Waals surface area contributed by atoms with Gasteiger partial charge in [0.05, 0.1) is 11.2 Å². The second-order valence-corrected chi connectivity index (χ2v) is 7.36. The van der Waals surface area contributed by atoms with E-state index in [4.69, 9.17) is 9.79 Å². The minimum Gasteiger partial charge on any atom is -0.507 e. The van der Waals surface area contributed by atoms with Gasteiger partial charge in [-0.15, -0.1) is 0 Å². The topological polar surface area (TPSA) is 139 Å². The fraction of sp³-hybridized carbons (Fsp3) is 0. The van der Waals surface area contributed by atoms with Gasteiger partial charge < -0.3 is 24.9 Å². The maximum atomic E-state index is 11.7. The molecule has 10 heteroatoms. The van der Waals surface area contributed by atoms with Crippen LogP contribution in [0.25, 0.3) is 17.1 Å². The Balaban J connectivity index is 2.05. The van der Waals surface area contributed by atoms with Crippen molar-refractivity contribution in [3.05, 3.63) is 52.5 Å². The zero-order valence-electron chi connectivity index (χ0n) is 12.0. The molecule has 2 heterocycles. The maximum absolute atomic E-state index is 11.7. The summed E-state index contributed by atoms with van der Waals surface area (Å²) < 4.78 is 11.0. The lowest BCUT2D eigenvalue weighted by Crippen LogP contribution is -2.05. The van der Waals surface area contributed by atoms with E-state index in [2.05, 4.69) is 15.0 Å². The van der Waals surface area contributed by atoms with Crippen molar-refractivity contribution in [2.75, 3.05) is 0 Å². The molecule has 24 heavy (non-hydrogen) atoms. The number of hydrogen-bond donors (Lipinski definition) is 5. The van der Waals surface area contributed by atoms with Gasteiger partial charge in [-0.25, -0.2) is 4.98 Å². The minimum atomic E-state index is -4.35. The molecule has 124 valence electrons. The Kier molecular flexibility index (Phi) is 4.33. The summed E-state index contributed by atoms with van der Waals surface area (Å²) in [5, 5.41) is 9.98. The number of rotatable bonds is 4. The fourth-order valence-electron chi connectivity index (χ4n) is 2.08. The zero-order chi connectivity index (χ0) is 17.3. The molecule has 0 aliphatic heterocycles. The lowest BCUT2D eigenvalue weighted by atomic mass is 10.2. The molecule has 0 amide bonds. The maximum Gasteiger partial charge on any atom is 0.349 e. The molecule has 0 spiro atoms. The molecule has 3 rings (SSSR count). The summed E-state index contributed by atoms with van der Waals surface area (Å²) in [4.78, 5) is 40.3. The van der Waals surface area contributed by atoms with E-state index in [9.17, 15) is 14.5 Å². The van der Waals surface area contributed by atoms with Crippen LogP contribution in [0.15, 0.2) is 51.1 Å². The molecule has 0 saturated heterocycles. The van der Waals surface area contributed by atoms with E-state index >= 15 is 0 Å². The van der Waals surface area contributed by atoms with E-state index < -0.39 is 7.60 Å². The van der Waals surface area contributed by atoms with Crippen molar-refractivity contribution in [1.29, 1.82) is 0 Å². The zero-order valence-corrected chi connectivity index (χ0v) is 13.7. The highest BCUT2D eigenvalue weighted by atomic mass is 32.2. The third-order valence-corrected chi connectivity index (χ3v) is 4.78. The van der Waals surface area contributed by atoms with E-state index in [0.29, 0.717) is 20.8 Å². The molecule has 8 nitrogen and oxygen atoms in total. The van der Waals surface area contributed by atoms with Crippen LogP contribution in [0.2, 0.25) is 0 Å². The molecule has 0 atom stereocenters. The Hall–Kier alpha value is -2.32. The molecule has 0 aliphatic carbocycles. The van der Waals surface area contributed by atoms with Gasteiger partial charge >= 0.3 is 7.60 Å². The van der Waals surface area contributed by atoms with Crippen LogP contribution in [-0.4, -0.2) is 29.8 Å². The van der Waals surface area contributed by atoms with Crippen LogP contribution >= 0.6 is 19.4 Å². The number of H-pyrrole nitrogens is 2. The van der Waals surface area contributed by atoms with Crippen molar-refractivity contribution in [2.45, 2.75) is 9.79 Å². The van der Waals surface area contributed by atoms with Crippen LogP contribution in [0.4, 0.5) is 0 Å². The Morgan fingerprint density at radius 3 is 2.75 bits per heavy atom. The third-order valence-electron chi connectivity index (χ3n) is 3.13. The Bertz CT molecular complexity index is 1040. The second kappa shape index (κ2) is 6.29. The molecule has 0 radical (unpaired) electrons. The van der Waals surface area contributed by atoms with Crippen molar-refractivity contribution in [3.63, 3.8) is 0 Å². The molecule has 5 N–H and O–H groups in total. The summed E-state index contributed by atoms with van der Waals surface area (Å²) in [7, 11) is -4.35. The summed E-state index contributed by atoms with van der Waals surface area (Å²) in [6.45, 7) is 0. The van der Waals surface area contributed by atoms with E-state index in [1.165, 1.54) is 30.2 Å². The first kappa shape index (κ1) is 16.5. The third kappa shape index (κ3) is 3.44. The van der Waals surface area contributed by atoms with Gasteiger partial charge in [0.2, 0.25) is 0 Å². The number of phenols is 1. The Morgan fingerprint density at radius 2 is 2.00 bits per heavy atom. The number of nitrogens with one attached hydrogen (secondary N) is 2. The van der Waals surface area contributed by atoms with E-state index in [1.807, 2.05) is 0 Å². The number of aromatic nitrogens is 3. The molecule has 1 aromatic carbocycles. The van der Waals surface area contributed by atoms with Gasteiger partial charge in [0.1, 0.15) is 16.8 Å². The molecule has 2 aromatic heterocycles. The Morgan fingerprint density at radius 1 is 1.21 bits per heavy atom. The van der Waals surface area contributed by atoms with E-state index in [0.717, 1.165) is 5.82 Å². The smallest absolute Gasteiger partial charge is 0.349 e. The van der Waals surface area contributed by atoms with Gasteiger partial charge in [-0.05, 0) is 18.2 Å². The summed E-state index contributed by atoms with van der Waals surface area (Å²) in [5.41, 5.74) is 0.763. The van der Waals surface area contributed by atoms with E-state index in [1.54, 1.807) is 18.3 Å². The fourth-order valence-corrected chi connectivity index (χ4v) is 3.46. The van der Waals surface area contributed by atoms with Crippen LogP contribution in [0, 0.1) is 0 Å². The van der Waals surface area contributed by atoms with Crippen molar-refractivity contribution < 1.29 is 19.5 Å². The number of nitrogens with zero attached hydrogens (tertiary/aromatic N) is 1. The van der Waals surface area contributed by atoms with Gasteiger partial charge in [-0.1, -0.05) is 17.8 Å². The molecule has 0 unspecified atom stereocenters. The standard InChI is InChI=1S/C14H12N3O5PS/c18-9-2-1-3-10(8(9)4-5-23(20,21)22)24-11-6-15-13-12(11)16-7-17-14(13)19/h1-7,15,18H,(H,16,17,19)(H2,20,21,22)/b5-4+. The lowest BCUT2D eigenvalue weighted by molar-refractivity contribution is 0.386. The van der Waals surface area contributed by atoms with Crippen LogP contribution in [-0.2, 0) is 4.57 Å². The van der Waals surface area contributed by atoms with Crippen LogP contribution in [0.3, 0.4) is 0 Å². The molecule has 0 saturated carbocycles. The van der Waals surface area contributed by atoms with Crippen LogP contribution < -0.4 is 5.56 Å². The first-order chi connectivity index (χ1) is 11.3. The van der Waals surface area contributed by atoms with Crippen LogP contribution in [0.5, 0.6) is 5.75 Å². The monoisotopic (exact) mass is 365 g/mol. The first-order valence-corrected chi connectivity index (χ1v) is 9.14. The van der Waals surface area contributed by atoms with Crippen molar-refractivity contribution in [3.8, 4) is 5.75 Å². The SMILES string of the molecule is O=c1[nH]cnc2c(Sc3cccc(O)c3/C=C/P(=O)(O)O)c[nH]c12. The second-order valence-electron chi connectivity index (χ2n) is 4.80. The molecule has 3 aromatic rings. The summed E-state index contributed by atoms with van der Waals surface area (Å²) in [5.74, 6) is 0.611. The molecular formula is C14H12N3O5PS. The summed E-state index contributed by atoms with van der Waals surface area (Å²) in [6, 6.07) is 4.72. The van der Waals surface area contributed by atoms with Crippen molar-refractivity contribution >= 4 is 36.5 Å². The van der Waals surface area contributed by atoms with Crippen molar-refractivity contribution in [2.24, 2.45) is 0 Å². The number of fused-ring (bicyclic) bond motifs is 1. The number of aromatic amines is 2. The summed E-state index contributed by atoms with van der Waals surface area (Å²) >= 11 is 1.21. The average Bonchev–Trinajstić information content (AvgIpc) is 2.90. The van der Waals surface area contributed by atoms with Gasteiger partial charge in [0.25, 0.3) is 5.56 Å². The van der Waals surface area contributed by atoms with Gasteiger partial charge in [-0.2, -0.15) is 0 Å². The molecule has 0 fully saturated rings. The van der Waals surface area contributed by atoms with Crippen LogP contribution in [0.1, 0.15) is 5.56 Å².